The molecule has 21 heavy (non-hydrogen) atoms. The minimum atomic E-state index is -0.925. The van der Waals surface area contributed by atoms with Crippen molar-refractivity contribution in [1.29, 1.82) is 0 Å². The SMILES string of the molecule is CC(C)(C)OC(=O)N[C@@H](Cc1ccc(Br)cc1)C(=O)NO. The Morgan fingerprint density at radius 1 is 1.29 bits per heavy atom. The predicted octanol–water partition coefficient (Wildman–Crippen LogP) is 2.39. The van der Waals surface area contributed by atoms with Gasteiger partial charge >= 0.3 is 6.09 Å². The van der Waals surface area contributed by atoms with E-state index in [0.717, 1.165) is 10.0 Å². The largest absolute Gasteiger partial charge is 0.444 e. The molecule has 1 atom stereocenters. The monoisotopic (exact) mass is 358 g/mol. The summed E-state index contributed by atoms with van der Waals surface area (Å²) in [6, 6.07) is 6.37. The quantitative estimate of drug-likeness (QED) is 0.569. The fraction of sp³-hybridized carbons (Fsp3) is 0.429. The highest BCUT2D eigenvalue weighted by Crippen LogP contribution is 2.13. The van der Waals surface area contributed by atoms with Crippen molar-refractivity contribution >= 4 is 27.9 Å². The van der Waals surface area contributed by atoms with E-state index >= 15 is 0 Å². The van der Waals surface area contributed by atoms with Crippen LogP contribution < -0.4 is 10.8 Å². The Labute approximate surface area is 132 Å². The molecule has 1 aromatic carbocycles. The number of benzene rings is 1. The first kappa shape index (κ1) is 17.5. The molecule has 0 aromatic heterocycles. The summed E-state index contributed by atoms with van der Waals surface area (Å²) in [5, 5.41) is 11.2. The minimum Gasteiger partial charge on any atom is -0.444 e. The predicted molar refractivity (Wildman–Crippen MR) is 80.9 cm³/mol. The molecule has 0 fully saturated rings. The topological polar surface area (TPSA) is 87.7 Å². The maximum Gasteiger partial charge on any atom is 0.408 e. The van der Waals surface area contributed by atoms with Gasteiger partial charge in [0.2, 0.25) is 0 Å². The second-order valence-corrected chi connectivity index (χ2v) is 6.42. The van der Waals surface area contributed by atoms with E-state index in [-0.39, 0.29) is 6.42 Å². The number of hydrogen-bond donors (Lipinski definition) is 3. The van der Waals surface area contributed by atoms with Crippen LogP contribution in [0.25, 0.3) is 0 Å². The van der Waals surface area contributed by atoms with Gasteiger partial charge in [-0.3, -0.25) is 10.0 Å². The molecular formula is C14H19BrN2O4. The number of hydrogen-bond acceptors (Lipinski definition) is 4. The summed E-state index contributed by atoms with van der Waals surface area (Å²) in [6.07, 6.45) is -0.480. The molecule has 0 spiro atoms. The third kappa shape index (κ3) is 6.59. The van der Waals surface area contributed by atoms with E-state index in [4.69, 9.17) is 9.94 Å². The van der Waals surface area contributed by atoms with Crippen LogP contribution in [-0.4, -0.2) is 28.9 Å². The molecule has 0 saturated heterocycles. The standard InChI is InChI=1S/C14H19BrN2O4/c1-14(2,3)21-13(19)16-11(12(18)17-20)8-9-4-6-10(15)7-5-9/h4-7,11,20H,8H2,1-3H3,(H,16,19)(H,17,18)/t11-/m0/s1. The first-order valence-electron chi connectivity index (χ1n) is 6.39. The van der Waals surface area contributed by atoms with Crippen LogP contribution in [0.1, 0.15) is 26.3 Å². The van der Waals surface area contributed by atoms with E-state index in [2.05, 4.69) is 21.2 Å². The number of carbonyl (C=O) groups excluding carboxylic acids is 2. The molecule has 0 aliphatic rings. The van der Waals surface area contributed by atoms with Crippen molar-refractivity contribution in [1.82, 2.24) is 10.8 Å². The highest BCUT2D eigenvalue weighted by Gasteiger charge is 2.24. The van der Waals surface area contributed by atoms with Crippen molar-refractivity contribution in [3.05, 3.63) is 34.3 Å². The molecular weight excluding hydrogens is 340 g/mol. The molecule has 0 radical (unpaired) electrons. The van der Waals surface area contributed by atoms with E-state index in [9.17, 15) is 9.59 Å². The molecule has 1 aromatic rings. The number of nitrogens with one attached hydrogen (secondary N) is 2. The van der Waals surface area contributed by atoms with E-state index in [1.165, 1.54) is 0 Å². The van der Waals surface area contributed by atoms with Crippen molar-refractivity contribution in [2.24, 2.45) is 0 Å². The smallest absolute Gasteiger partial charge is 0.408 e. The summed E-state index contributed by atoms with van der Waals surface area (Å²) in [4.78, 5) is 23.4. The molecule has 116 valence electrons. The van der Waals surface area contributed by atoms with E-state index in [0.29, 0.717) is 0 Å². The van der Waals surface area contributed by atoms with Gasteiger partial charge in [-0.2, -0.15) is 0 Å². The molecule has 0 saturated carbocycles. The van der Waals surface area contributed by atoms with Gasteiger partial charge in [-0.15, -0.1) is 0 Å². The van der Waals surface area contributed by atoms with Gasteiger partial charge in [0.05, 0.1) is 0 Å². The van der Waals surface area contributed by atoms with Crippen LogP contribution in [0, 0.1) is 0 Å². The van der Waals surface area contributed by atoms with E-state index in [1.54, 1.807) is 26.3 Å². The van der Waals surface area contributed by atoms with Crippen LogP contribution in [0.15, 0.2) is 28.7 Å². The summed E-state index contributed by atoms with van der Waals surface area (Å²) in [6.45, 7) is 5.17. The number of ether oxygens (including phenoxy) is 1. The Kier molecular flexibility index (Phi) is 6.17. The number of alkyl carbamates (subject to hydrolysis) is 1. The molecule has 7 heteroatoms. The van der Waals surface area contributed by atoms with Gasteiger partial charge in [0.15, 0.2) is 0 Å². The van der Waals surface area contributed by atoms with E-state index < -0.39 is 23.6 Å². The average molecular weight is 359 g/mol. The highest BCUT2D eigenvalue weighted by atomic mass is 79.9. The Hall–Kier alpha value is -1.60. The van der Waals surface area contributed by atoms with Crippen molar-refractivity contribution < 1.29 is 19.5 Å². The van der Waals surface area contributed by atoms with Crippen LogP contribution in [0.4, 0.5) is 4.79 Å². The Bertz CT molecular complexity index is 497. The number of amides is 2. The van der Waals surface area contributed by atoms with Crippen LogP contribution in [-0.2, 0) is 16.0 Å². The first-order valence-corrected chi connectivity index (χ1v) is 7.18. The minimum absolute atomic E-state index is 0.235. The van der Waals surface area contributed by atoms with Crippen LogP contribution in [0.5, 0.6) is 0 Å². The zero-order valence-electron chi connectivity index (χ0n) is 12.1. The number of hydroxylamine groups is 1. The lowest BCUT2D eigenvalue weighted by atomic mass is 10.1. The van der Waals surface area contributed by atoms with Gasteiger partial charge in [0.25, 0.3) is 5.91 Å². The van der Waals surface area contributed by atoms with Crippen LogP contribution in [0.2, 0.25) is 0 Å². The molecule has 0 heterocycles. The maximum atomic E-state index is 11.7. The summed E-state index contributed by atoms with van der Waals surface area (Å²) in [5.74, 6) is -0.705. The molecule has 1 rings (SSSR count). The Balaban J connectivity index is 2.74. The third-order valence-electron chi connectivity index (χ3n) is 2.47. The normalized spacial score (nSPS) is 12.4. The lowest BCUT2D eigenvalue weighted by Crippen LogP contribution is -2.48. The summed E-state index contributed by atoms with van der Waals surface area (Å²) in [7, 11) is 0. The van der Waals surface area contributed by atoms with Gasteiger partial charge < -0.3 is 10.1 Å². The number of carbonyl (C=O) groups is 2. The lowest BCUT2D eigenvalue weighted by molar-refractivity contribution is -0.131. The van der Waals surface area contributed by atoms with Gasteiger partial charge in [0.1, 0.15) is 11.6 Å². The Morgan fingerprint density at radius 3 is 2.33 bits per heavy atom. The molecule has 0 bridgehead atoms. The van der Waals surface area contributed by atoms with Gasteiger partial charge in [-0.1, -0.05) is 28.1 Å². The number of rotatable bonds is 4. The van der Waals surface area contributed by atoms with Crippen molar-refractivity contribution in [2.45, 2.75) is 38.8 Å². The lowest BCUT2D eigenvalue weighted by Gasteiger charge is -2.22. The Morgan fingerprint density at radius 2 is 1.86 bits per heavy atom. The third-order valence-corrected chi connectivity index (χ3v) is 3.00. The van der Waals surface area contributed by atoms with Gasteiger partial charge in [-0.05, 0) is 38.5 Å². The number of halogens is 1. The average Bonchev–Trinajstić information content (AvgIpc) is 2.37. The van der Waals surface area contributed by atoms with Gasteiger partial charge in [0, 0.05) is 10.9 Å². The fourth-order valence-corrected chi connectivity index (χ4v) is 1.86. The zero-order valence-corrected chi connectivity index (χ0v) is 13.7. The summed E-state index contributed by atoms with van der Waals surface area (Å²) < 4.78 is 6.01. The first-order chi connectivity index (χ1) is 9.71. The molecule has 3 N–H and O–H groups in total. The van der Waals surface area contributed by atoms with Gasteiger partial charge in [-0.25, -0.2) is 10.3 Å². The fourth-order valence-electron chi connectivity index (χ4n) is 1.59. The zero-order chi connectivity index (χ0) is 16.0. The van der Waals surface area contributed by atoms with Crippen molar-refractivity contribution in [3.8, 4) is 0 Å². The second kappa shape index (κ2) is 7.42. The molecule has 0 unspecified atom stereocenters. The molecule has 2 amide bonds. The summed E-state index contributed by atoms with van der Waals surface area (Å²) in [5.41, 5.74) is 1.72. The summed E-state index contributed by atoms with van der Waals surface area (Å²) >= 11 is 3.32. The highest BCUT2D eigenvalue weighted by molar-refractivity contribution is 9.10. The molecule has 0 aliphatic heterocycles. The second-order valence-electron chi connectivity index (χ2n) is 5.51. The van der Waals surface area contributed by atoms with Crippen molar-refractivity contribution in [2.75, 3.05) is 0 Å². The van der Waals surface area contributed by atoms with Crippen LogP contribution in [0.3, 0.4) is 0 Å². The molecule has 0 aliphatic carbocycles. The van der Waals surface area contributed by atoms with Crippen molar-refractivity contribution in [3.63, 3.8) is 0 Å². The van der Waals surface area contributed by atoms with Crippen LogP contribution >= 0.6 is 15.9 Å². The van der Waals surface area contributed by atoms with E-state index in [1.807, 2.05) is 24.3 Å². The maximum absolute atomic E-state index is 11.7. The molecule has 6 nitrogen and oxygen atoms in total.